The number of benzene rings is 1. The molecule has 0 saturated carbocycles. The van der Waals surface area contributed by atoms with E-state index in [-0.39, 0.29) is 35.8 Å². The standard InChI is InChI=1S/C20H29N5O2.HI/c1-4-21-18(22-13-15-7-5-6-14(2)12-15)25-10-8-16(9-11-25)20(3)17(26)23-19(27)24-20;/h5-7,12,16H,4,8-11,13H2,1-3H3,(H,21,22)(H2,23,24,26,27);1H. The van der Waals surface area contributed by atoms with Gasteiger partial charge in [-0.2, -0.15) is 0 Å². The van der Waals surface area contributed by atoms with Gasteiger partial charge >= 0.3 is 6.03 Å². The van der Waals surface area contributed by atoms with Crippen LogP contribution in [0.5, 0.6) is 0 Å². The van der Waals surface area contributed by atoms with Gasteiger partial charge in [-0.1, -0.05) is 29.8 Å². The monoisotopic (exact) mass is 499 g/mol. The lowest BCUT2D eigenvalue weighted by Gasteiger charge is -2.39. The second kappa shape index (κ2) is 9.58. The van der Waals surface area contributed by atoms with Gasteiger partial charge in [0.25, 0.3) is 5.91 Å². The Morgan fingerprint density at radius 3 is 2.61 bits per heavy atom. The number of carbonyl (C=O) groups is 2. The molecule has 2 aliphatic heterocycles. The van der Waals surface area contributed by atoms with E-state index in [4.69, 9.17) is 4.99 Å². The third kappa shape index (κ3) is 4.95. The fourth-order valence-corrected chi connectivity index (χ4v) is 3.92. The predicted molar refractivity (Wildman–Crippen MR) is 121 cm³/mol. The third-order valence-electron chi connectivity index (χ3n) is 5.51. The first kappa shape index (κ1) is 22.4. The number of carbonyl (C=O) groups excluding carboxylic acids is 2. The van der Waals surface area contributed by atoms with Crippen LogP contribution in [-0.2, 0) is 11.3 Å². The molecule has 0 bridgehead atoms. The number of rotatable bonds is 4. The smallest absolute Gasteiger partial charge is 0.322 e. The van der Waals surface area contributed by atoms with Crippen LogP contribution in [0, 0.1) is 12.8 Å². The summed E-state index contributed by atoms with van der Waals surface area (Å²) in [6, 6.07) is 8.00. The molecule has 2 fully saturated rings. The lowest BCUT2D eigenvalue weighted by Crippen LogP contribution is -2.55. The van der Waals surface area contributed by atoms with Crippen molar-refractivity contribution in [3.8, 4) is 0 Å². The Hall–Kier alpha value is -1.84. The lowest BCUT2D eigenvalue weighted by atomic mass is 9.79. The van der Waals surface area contributed by atoms with Gasteiger partial charge in [0.05, 0.1) is 6.54 Å². The van der Waals surface area contributed by atoms with Gasteiger partial charge in [0, 0.05) is 19.6 Å². The van der Waals surface area contributed by atoms with E-state index >= 15 is 0 Å². The first-order valence-corrected chi connectivity index (χ1v) is 9.64. The van der Waals surface area contributed by atoms with Gasteiger partial charge in [-0.3, -0.25) is 10.1 Å². The van der Waals surface area contributed by atoms with Crippen molar-refractivity contribution < 1.29 is 9.59 Å². The van der Waals surface area contributed by atoms with Crippen LogP contribution in [0.25, 0.3) is 0 Å². The van der Waals surface area contributed by atoms with E-state index in [0.29, 0.717) is 6.54 Å². The van der Waals surface area contributed by atoms with Crippen molar-refractivity contribution in [3.05, 3.63) is 35.4 Å². The molecule has 154 valence electrons. The maximum Gasteiger partial charge on any atom is 0.322 e. The summed E-state index contributed by atoms with van der Waals surface area (Å²) in [6.07, 6.45) is 1.66. The number of urea groups is 1. The highest BCUT2D eigenvalue weighted by Crippen LogP contribution is 2.30. The zero-order valence-corrected chi connectivity index (χ0v) is 19.1. The van der Waals surface area contributed by atoms with Crippen molar-refractivity contribution in [1.82, 2.24) is 20.9 Å². The molecule has 0 radical (unpaired) electrons. The molecular weight excluding hydrogens is 469 g/mol. The van der Waals surface area contributed by atoms with Crippen LogP contribution in [0.15, 0.2) is 29.3 Å². The largest absolute Gasteiger partial charge is 0.357 e. The quantitative estimate of drug-likeness (QED) is 0.257. The van der Waals surface area contributed by atoms with Crippen LogP contribution >= 0.6 is 24.0 Å². The number of nitrogens with one attached hydrogen (secondary N) is 3. The minimum Gasteiger partial charge on any atom is -0.357 e. The second-order valence-electron chi connectivity index (χ2n) is 7.53. The number of piperidine rings is 1. The van der Waals surface area contributed by atoms with Crippen LogP contribution in [-0.4, -0.2) is 48.0 Å². The Morgan fingerprint density at radius 1 is 1.32 bits per heavy atom. The topological polar surface area (TPSA) is 85.8 Å². The molecule has 2 heterocycles. The average molecular weight is 499 g/mol. The molecule has 3 amide bonds. The van der Waals surface area contributed by atoms with Crippen molar-refractivity contribution in [2.24, 2.45) is 10.9 Å². The molecule has 3 N–H and O–H groups in total. The molecule has 0 aromatic heterocycles. The van der Waals surface area contributed by atoms with Gasteiger partial charge in [0.1, 0.15) is 5.54 Å². The van der Waals surface area contributed by atoms with Crippen LogP contribution < -0.4 is 16.0 Å². The molecule has 0 aliphatic carbocycles. The zero-order chi connectivity index (χ0) is 19.4. The third-order valence-corrected chi connectivity index (χ3v) is 5.51. The van der Waals surface area contributed by atoms with E-state index in [1.807, 2.05) is 6.92 Å². The number of aliphatic imine (C=N–C) groups is 1. The minimum atomic E-state index is -0.805. The molecule has 3 rings (SSSR count). The summed E-state index contributed by atoms with van der Waals surface area (Å²) >= 11 is 0. The summed E-state index contributed by atoms with van der Waals surface area (Å²) in [7, 11) is 0. The van der Waals surface area contributed by atoms with Crippen molar-refractivity contribution in [2.75, 3.05) is 19.6 Å². The predicted octanol–water partition coefficient (Wildman–Crippen LogP) is 2.39. The number of aryl methyl sites for hydroxylation is 1. The fourth-order valence-electron chi connectivity index (χ4n) is 3.92. The van der Waals surface area contributed by atoms with Crippen LogP contribution in [0.3, 0.4) is 0 Å². The summed E-state index contributed by atoms with van der Waals surface area (Å²) in [5.74, 6) is 0.813. The lowest BCUT2D eigenvalue weighted by molar-refractivity contribution is -0.125. The summed E-state index contributed by atoms with van der Waals surface area (Å²) in [6.45, 7) is 9.04. The van der Waals surface area contributed by atoms with Crippen molar-refractivity contribution in [3.63, 3.8) is 0 Å². The zero-order valence-electron chi connectivity index (χ0n) is 16.7. The second-order valence-corrected chi connectivity index (χ2v) is 7.53. The number of hydrogen-bond donors (Lipinski definition) is 3. The van der Waals surface area contributed by atoms with E-state index < -0.39 is 11.6 Å². The summed E-state index contributed by atoms with van der Waals surface area (Å²) < 4.78 is 0. The van der Waals surface area contributed by atoms with E-state index in [9.17, 15) is 9.59 Å². The number of nitrogens with zero attached hydrogens (tertiary/aromatic N) is 2. The van der Waals surface area contributed by atoms with Crippen LogP contribution in [0.4, 0.5) is 4.79 Å². The first-order chi connectivity index (χ1) is 12.9. The molecule has 8 heteroatoms. The Labute approximate surface area is 183 Å². The van der Waals surface area contributed by atoms with E-state index in [2.05, 4.69) is 59.0 Å². The molecule has 0 spiro atoms. The molecule has 1 aromatic carbocycles. The number of amides is 3. The summed E-state index contributed by atoms with van der Waals surface area (Å²) in [5, 5.41) is 8.54. The number of likely N-dealkylation sites (tertiary alicyclic amines) is 1. The fraction of sp³-hybridized carbons (Fsp3) is 0.550. The Bertz CT molecular complexity index is 746. The Kier molecular flexibility index (Phi) is 7.68. The van der Waals surface area contributed by atoms with E-state index in [1.54, 1.807) is 0 Å². The van der Waals surface area contributed by atoms with Gasteiger partial charge in [0.2, 0.25) is 0 Å². The highest BCUT2D eigenvalue weighted by Gasteiger charge is 2.48. The van der Waals surface area contributed by atoms with E-state index in [0.717, 1.165) is 38.4 Å². The highest BCUT2D eigenvalue weighted by atomic mass is 127. The van der Waals surface area contributed by atoms with Crippen molar-refractivity contribution in [1.29, 1.82) is 0 Å². The first-order valence-electron chi connectivity index (χ1n) is 9.64. The number of imide groups is 1. The maximum atomic E-state index is 12.2. The molecule has 1 aromatic rings. The number of guanidine groups is 1. The molecule has 2 aliphatic rings. The molecule has 1 atom stereocenters. The van der Waals surface area contributed by atoms with Crippen molar-refractivity contribution >= 4 is 41.9 Å². The van der Waals surface area contributed by atoms with E-state index in [1.165, 1.54) is 11.1 Å². The van der Waals surface area contributed by atoms with Crippen LogP contribution in [0.1, 0.15) is 37.8 Å². The van der Waals surface area contributed by atoms with Crippen molar-refractivity contribution in [2.45, 2.75) is 45.7 Å². The Morgan fingerprint density at radius 2 is 2.04 bits per heavy atom. The van der Waals surface area contributed by atoms with Gasteiger partial charge in [-0.05, 0) is 45.1 Å². The SMILES string of the molecule is CCNC(=NCc1cccc(C)c1)N1CCC(C2(C)NC(=O)NC2=O)CC1.I. The Balaban J connectivity index is 0.00000280. The minimum absolute atomic E-state index is 0. The average Bonchev–Trinajstić information content (AvgIpc) is 2.91. The number of halogens is 1. The molecule has 7 nitrogen and oxygen atoms in total. The molecule has 2 saturated heterocycles. The molecule has 1 unspecified atom stereocenters. The normalized spacial score (nSPS) is 23.1. The van der Waals surface area contributed by atoms with Gasteiger partial charge in [-0.25, -0.2) is 9.79 Å². The molecule has 28 heavy (non-hydrogen) atoms. The van der Waals surface area contributed by atoms with Gasteiger partial charge in [-0.15, -0.1) is 24.0 Å². The van der Waals surface area contributed by atoms with Gasteiger partial charge in [0.15, 0.2) is 5.96 Å². The summed E-state index contributed by atoms with van der Waals surface area (Å²) in [4.78, 5) is 30.7. The number of hydrogen-bond acceptors (Lipinski definition) is 3. The van der Waals surface area contributed by atoms with Crippen LogP contribution in [0.2, 0.25) is 0 Å². The maximum absolute atomic E-state index is 12.2. The highest BCUT2D eigenvalue weighted by molar-refractivity contribution is 14.0. The summed E-state index contributed by atoms with van der Waals surface area (Å²) in [5.41, 5.74) is 1.62. The molecular formula is C20H30IN5O2. The van der Waals surface area contributed by atoms with Gasteiger partial charge < -0.3 is 15.5 Å².